The van der Waals surface area contributed by atoms with Crippen molar-refractivity contribution >= 4 is 177 Å². The second-order valence-electron chi connectivity index (χ2n) is 14.6. The van der Waals surface area contributed by atoms with Gasteiger partial charge in [0.2, 0.25) is 10.3 Å². The van der Waals surface area contributed by atoms with Crippen LogP contribution in [0.2, 0.25) is 10.0 Å². The van der Waals surface area contributed by atoms with Gasteiger partial charge in [-0.15, -0.1) is 22.7 Å². The molecule has 1 amide bonds. The lowest BCUT2D eigenvalue weighted by Crippen LogP contribution is -2.67. The topological polar surface area (TPSA) is 106 Å². The quantitative estimate of drug-likeness (QED) is 0.0692. The molecule has 6 aromatic rings. The number of thiazole rings is 2. The number of halogens is 3. The molecule has 67 heavy (non-hydrogen) atoms. The number of anilines is 2. The number of benzene rings is 4. The lowest BCUT2D eigenvalue weighted by molar-refractivity contribution is 0.0827. The van der Waals surface area contributed by atoms with Crippen molar-refractivity contribution in [3.63, 3.8) is 0 Å². The first-order valence-electron chi connectivity index (χ1n) is 20.3. The van der Waals surface area contributed by atoms with E-state index in [1.54, 1.807) is 72.8 Å². The molecule has 14 radical (unpaired) electrons. The molecule has 0 aliphatic heterocycles. The van der Waals surface area contributed by atoms with Gasteiger partial charge >= 0.3 is 0 Å². The summed E-state index contributed by atoms with van der Waals surface area (Å²) in [6.07, 6.45) is 0.0397. The van der Waals surface area contributed by atoms with Gasteiger partial charge < -0.3 is 10.2 Å². The third kappa shape index (κ3) is 17.7. The van der Waals surface area contributed by atoms with E-state index in [4.69, 9.17) is 89.0 Å². The summed E-state index contributed by atoms with van der Waals surface area (Å²) < 4.78 is 0. The van der Waals surface area contributed by atoms with Gasteiger partial charge in [0.25, 0.3) is 11.1 Å². The van der Waals surface area contributed by atoms with Crippen LogP contribution in [0.5, 0.6) is 0 Å². The molecular weight excluding hydrogens is 925 g/mol. The summed E-state index contributed by atoms with van der Waals surface area (Å²) in [6.45, 7) is 0. The molecule has 2 aromatic heterocycles. The maximum atomic E-state index is 12.3. The normalized spacial score (nSPS) is 10.3. The molecule has 0 aliphatic carbocycles. The van der Waals surface area contributed by atoms with Gasteiger partial charge in [-0.25, -0.2) is 20.0 Å². The summed E-state index contributed by atoms with van der Waals surface area (Å²) in [6, 6.07) is 29.6. The highest BCUT2D eigenvalue weighted by Crippen LogP contribution is 2.33. The molecule has 10 nitrogen and oxygen atoms in total. The zero-order valence-electron chi connectivity index (χ0n) is 37.9. The molecule has 0 fully saturated rings. The molecule has 1 N–H and O–H groups in total. The molecule has 0 atom stereocenters. The summed E-state index contributed by atoms with van der Waals surface area (Å²) >= 11 is 21.0. The molecule has 27 heteroatoms. The zero-order chi connectivity index (χ0) is 49.8. The van der Waals surface area contributed by atoms with E-state index in [-0.39, 0.29) is 5.91 Å². The molecule has 4 aromatic carbocycles. The Hall–Kier alpha value is -4.17. The van der Waals surface area contributed by atoms with E-state index in [2.05, 4.69) is 25.5 Å². The molecular formula is C40H39B12Cl3N8O2S2. The molecule has 0 aliphatic rings. The van der Waals surface area contributed by atoms with Crippen molar-refractivity contribution in [3.05, 3.63) is 140 Å². The SMILES string of the molecule is CN(/N=C/c1ccccc1C(=O)Cl)c1nc(-c2ccccc2Cl)cs1.CN(C)C(=O)c1ccccc1/C=N/N(C)c1nc(-c2ccccc2Cl)cs1.CNC.[B]B([B])B([B])B(B([B])[B])B([B])[B]. The Morgan fingerprint density at radius 3 is 1.34 bits per heavy atom. The Morgan fingerprint density at radius 2 is 0.985 bits per heavy atom. The van der Waals surface area contributed by atoms with E-state index < -0.39 is 37.2 Å². The van der Waals surface area contributed by atoms with Crippen LogP contribution in [0.3, 0.4) is 0 Å². The number of amides is 1. The molecule has 0 spiro atoms. The van der Waals surface area contributed by atoms with Gasteiger partial charge in [0.1, 0.15) is 0 Å². The number of hydrazone groups is 2. The summed E-state index contributed by atoms with van der Waals surface area (Å²) in [4.78, 5) is 34.5. The number of nitrogens with one attached hydrogen (secondary N) is 1. The van der Waals surface area contributed by atoms with Gasteiger partial charge in [0, 0.05) is 168 Å². The number of aromatic nitrogens is 2. The highest BCUT2D eigenvalue weighted by Gasteiger charge is 2.30. The standard InChI is InChI=1S/C20H19ClN4OS.C18H13Cl2N3OS.C2H7N.B12/c1-24(2)19(26)15-9-5-4-8-14(15)12-22-25(3)20-23-18(13-27-20)16-10-6-7-11-17(16)21;1-23(21-10-12-6-2-3-7-13(12)17(20)24)18-22-16(11-25-18)14-8-4-5-9-15(14)19;1-3-2;1-8(2)11(7)12(9(3)4)10(5)6/h4-13H,1-3H3;2-11H,1H3;3H,1-2H3;/b22-12+;21-10+;;. The average molecular weight is 964 g/mol. The van der Waals surface area contributed by atoms with Crippen molar-refractivity contribution in [1.82, 2.24) is 20.2 Å². The molecule has 0 unspecified atom stereocenters. The number of carbonyl (C=O) groups excluding carboxylic acids is 2. The minimum absolute atomic E-state index is 0.0602. The van der Waals surface area contributed by atoms with Gasteiger partial charge in [0.15, 0.2) is 0 Å². The largest absolute Gasteiger partial charge is 0.345 e. The molecule has 0 saturated carbocycles. The van der Waals surface area contributed by atoms with Crippen molar-refractivity contribution in [1.29, 1.82) is 0 Å². The van der Waals surface area contributed by atoms with E-state index in [0.29, 0.717) is 31.9 Å². The number of hydrogen-bond donors (Lipinski definition) is 1. The maximum Gasteiger partial charge on any atom is 0.254 e. The van der Waals surface area contributed by atoms with E-state index in [1.807, 2.05) is 105 Å². The summed E-state index contributed by atoms with van der Waals surface area (Å²) in [7, 11) is 48.7. The van der Waals surface area contributed by atoms with Crippen LogP contribution in [0.4, 0.5) is 10.3 Å². The Morgan fingerprint density at radius 1 is 0.612 bits per heavy atom. The molecule has 6 rings (SSSR count). The highest BCUT2D eigenvalue weighted by atomic mass is 35.5. The first kappa shape index (κ1) is 57.1. The smallest absolute Gasteiger partial charge is 0.254 e. The summed E-state index contributed by atoms with van der Waals surface area (Å²) in [5.74, 6) is -0.0602. The fourth-order valence-electron chi connectivity index (χ4n) is 5.67. The molecule has 2 heterocycles. The molecule has 320 valence electrons. The van der Waals surface area contributed by atoms with Crippen LogP contribution in [0.1, 0.15) is 31.8 Å². The van der Waals surface area contributed by atoms with E-state index in [1.165, 1.54) is 22.7 Å². The minimum atomic E-state index is -0.723. The first-order chi connectivity index (χ1) is 31.8. The van der Waals surface area contributed by atoms with Crippen molar-refractivity contribution in [2.45, 2.75) is 0 Å². The Kier molecular flexibility index (Phi) is 24.7. The molecule has 0 saturated heterocycles. The van der Waals surface area contributed by atoms with Crippen LogP contribution in [0.25, 0.3) is 22.5 Å². The maximum absolute atomic E-state index is 12.3. The van der Waals surface area contributed by atoms with E-state index in [9.17, 15) is 9.59 Å². The van der Waals surface area contributed by atoms with E-state index in [0.717, 1.165) is 33.2 Å². The van der Waals surface area contributed by atoms with Gasteiger partial charge in [-0.05, 0) is 50.0 Å². The Bertz CT molecular complexity index is 2550. The Balaban J connectivity index is 0.000000276. The van der Waals surface area contributed by atoms with Gasteiger partial charge in [-0.2, -0.15) is 10.2 Å². The fraction of sp³-hybridized carbons (Fsp3) is 0.150. The van der Waals surface area contributed by atoms with Gasteiger partial charge in [-0.3, -0.25) is 9.59 Å². The van der Waals surface area contributed by atoms with Gasteiger partial charge in [-0.1, -0.05) is 96.0 Å². The number of carbonyl (C=O) groups is 2. The summed E-state index contributed by atoms with van der Waals surface area (Å²) in [5.41, 5.74) is 5.80. The average Bonchev–Trinajstić information content (AvgIpc) is 4.00. The second kappa shape index (κ2) is 29.0. The zero-order valence-corrected chi connectivity index (χ0v) is 41.8. The summed E-state index contributed by atoms with van der Waals surface area (Å²) in [5, 5.41) is 21.0. The second-order valence-corrected chi connectivity index (χ2v) is 17.4. The lowest BCUT2D eigenvalue weighted by Gasteiger charge is -2.29. The van der Waals surface area contributed by atoms with Crippen LogP contribution < -0.4 is 15.3 Å². The van der Waals surface area contributed by atoms with Crippen LogP contribution in [-0.2, 0) is 0 Å². The lowest BCUT2D eigenvalue weighted by atomic mass is 8.53. The Labute approximate surface area is 429 Å². The van der Waals surface area contributed by atoms with Crippen LogP contribution in [0.15, 0.2) is 118 Å². The van der Waals surface area contributed by atoms with Crippen LogP contribution in [0, 0.1) is 0 Å². The predicted molar refractivity (Wildman–Crippen MR) is 302 cm³/mol. The number of hydrogen-bond acceptors (Lipinski definition) is 11. The van der Waals surface area contributed by atoms with Gasteiger partial charge in [0.05, 0.1) is 23.8 Å². The minimum Gasteiger partial charge on any atom is -0.345 e. The van der Waals surface area contributed by atoms with E-state index >= 15 is 0 Å². The van der Waals surface area contributed by atoms with Crippen molar-refractivity contribution in [2.75, 3.05) is 52.3 Å². The van der Waals surface area contributed by atoms with Crippen molar-refractivity contribution < 1.29 is 9.59 Å². The third-order valence-electron chi connectivity index (χ3n) is 9.13. The van der Waals surface area contributed by atoms with Crippen molar-refractivity contribution in [2.24, 2.45) is 10.2 Å². The van der Waals surface area contributed by atoms with Crippen molar-refractivity contribution in [3.8, 4) is 22.5 Å². The first-order valence-corrected chi connectivity index (χ1v) is 23.1. The number of nitrogens with zero attached hydrogens (tertiary/aromatic N) is 7. The van der Waals surface area contributed by atoms with Crippen LogP contribution in [-0.4, -0.2) is 167 Å². The third-order valence-corrected chi connectivity index (χ3v) is 11.8. The predicted octanol–water partition coefficient (Wildman–Crippen LogP) is 5.21. The highest BCUT2D eigenvalue weighted by molar-refractivity contribution is 8.05. The monoisotopic (exact) mass is 964 g/mol. The molecule has 0 bridgehead atoms. The van der Waals surface area contributed by atoms with Crippen LogP contribution >= 0.6 is 57.5 Å². The number of rotatable bonds is 14. The fourth-order valence-corrected chi connectivity index (χ4v) is 7.80.